The van der Waals surface area contributed by atoms with Gasteiger partial charge in [-0.05, 0) is 72.7 Å². The van der Waals surface area contributed by atoms with E-state index in [2.05, 4.69) is 10.3 Å². The van der Waals surface area contributed by atoms with Crippen LogP contribution in [0.15, 0.2) is 108 Å². The Kier molecular flexibility index (Phi) is 12.4. The normalized spacial score (nSPS) is 14.4. The van der Waals surface area contributed by atoms with Crippen LogP contribution in [-0.4, -0.2) is 80.6 Å². The first kappa shape index (κ1) is 38.9. The van der Waals surface area contributed by atoms with Gasteiger partial charge in [-0.2, -0.15) is 0 Å². The monoisotopic (exact) mass is 744 g/mol. The van der Waals surface area contributed by atoms with Crippen molar-refractivity contribution in [2.24, 2.45) is 0 Å². The number of benzene rings is 4. The summed E-state index contributed by atoms with van der Waals surface area (Å²) in [6.45, 7) is 4.51. The largest absolute Gasteiger partial charge is 0.506 e. The lowest BCUT2D eigenvalue weighted by molar-refractivity contribution is -0.148. The van der Waals surface area contributed by atoms with Crippen molar-refractivity contribution in [3.05, 3.63) is 147 Å². The molecule has 286 valence electrons. The number of carbonyl (C=O) groups excluding carboxylic acids is 2. The van der Waals surface area contributed by atoms with Gasteiger partial charge in [0.15, 0.2) is 0 Å². The van der Waals surface area contributed by atoms with Gasteiger partial charge in [-0.25, -0.2) is 0 Å². The Hall–Kier alpha value is -5.78. The third kappa shape index (κ3) is 9.48. The third-order valence-corrected chi connectivity index (χ3v) is 10.7. The molecule has 2 heterocycles. The molecule has 1 aliphatic rings. The number of phenols is 1. The summed E-state index contributed by atoms with van der Waals surface area (Å²) in [5.74, 6) is -0.997. The van der Waals surface area contributed by atoms with Crippen LogP contribution in [0.4, 0.5) is 0 Å². The summed E-state index contributed by atoms with van der Waals surface area (Å²) >= 11 is 0. The van der Waals surface area contributed by atoms with Crippen LogP contribution < -0.4 is 10.9 Å². The van der Waals surface area contributed by atoms with E-state index in [-0.39, 0.29) is 48.0 Å². The number of pyridine rings is 1. The van der Waals surface area contributed by atoms with Gasteiger partial charge in [0.25, 0.3) is 0 Å². The zero-order chi connectivity index (χ0) is 39.0. The van der Waals surface area contributed by atoms with E-state index in [9.17, 15) is 34.5 Å². The number of aliphatic hydroxyl groups excluding tert-OH is 1. The highest BCUT2D eigenvalue weighted by Gasteiger charge is 2.43. The topological polar surface area (TPSA) is 163 Å². The molecule has 0 bridgehead atoms. The zero-order valence-electron chi connectivity index (χ0n) is 31.0. The predicted molar refractivity (Wildman–Crippen MR) is 211 cm³/mol. The number of aromatic hydroxyl groups is 1. The molecule has 1 aromatic heterocycles. The number of likely N-dealkylation sites (tertiary alicyclic amines) is 1. The number of aromatic nitrogens is 1. The number of aliphatic carboxylic acids is 1. The highest BCUT2D eigenvalue weighted by molar-refractivity contribution is 5.87. The number of amides is 2. The van der Waals surface area contributed by atoms with Crippen molar-refractivity contribution in [1.29, 1.82) is 0 Å². The number of piperidine rings is 1. The van der Waals surface area contributed by atoms with Gasteiger partial charge in [0.2, 0.25) is 17.4 Å². The fourth-order valence-corrected chi connectivity index (χ4v) is 7.37. The smallest absolute Gasteiger partial charge is 0.314 e. The summed E-state index contributed by atoms with van der Waals surface area (Å²) in [6, 6.07) is 30.9. The number of nitrogens with one attached hydrogen (secondary N) is 2. The first-order valence-electron chi connectivity index (χ1n) is 18.7. The number of H-pyrrole nitrogens is 1. The number of carboxylic acid groups (broad SMARTS) is 1. The number of hydrogen-bond donors (Lipinski definition) is 5. The summed E-state index contributed by atoms with van der Waals surface area (Å²) in [5, 5.41) is 35.0. The number of aromatic amines is 1. The van der Waals surface area contributed by atoms with Crippen molar-refractivity contribution in [3.8, 4) is 5.75 Å². The number of aryl methyl sites for hydroxylation is 1. The summed E-state index contributed by atoms with van der Waals surface area (Å²) in [7, 11) is 0. The second-order valence-corrected chi connectivity index (χ2v) is 14.5. The van der Waals surface area contributed by atoms with E-state index < -0.39 is 17.5 Å². The zero-order valence-corrected chi connectivity index (χ0v) is 31.0. The maximum Gasteiger partial charge on any atom is 0.314 e. The lowest BCUT2D eigenvalue weighted by Gasteiger charge is -2.39. The second kappa shape index (κ2) is 17.6. The van der Waals surface area contributed by atoms with Crippen LogP contribution in [0, 0.1) is 6.92 Å². The Balaban J connectivity index is 1.02. The third-order valence-electron chi connectivity index (χ3n) is 10.7. The minimum absolute atomic E-state index is 0.0253. The highest BCUT2D eigenvalue weighted by atomic mass is 16.4. The molecule has 1 aliphatic heterocycles. The van der Waals surface area contributed by atoms with Gasteiger partial charge in [0, 0.05) is 44.2 Å². The molecule has 0 radical (unpaired) electrons. The quantitative estimate of drug-likeness (QED) is 0.0935. The lowest BCUT2D eigenvalue weighted by Crippen LogP contribution is -2.49. The Morgan fingerprint density at radius 2 is 1.51 bits per heavy atom. The maximum absolute atomic E-state index is 13.7. The molecule has 1 atom stereocenters. The molecule has 2 amide bonds. The van der Waals surface area contributed by atoms with Crippen LogP contribution in [-0.2, 0) is 39.2 Å². The number of fused-ring (bicyclic) bond motifs is 1. The summed E-state index contributed by atoms with van der Waals surface area (Å²) < 4.78 is 0. The highest BCUT2D eigenvalue weighted by Crippen LogP contribution is 2.36. The number of aliphatic hydroxyl groups is 1. The number of rotatable bonds is 15. The van der Waals surface area contributed by atoms with Gasteiger partial charge in [0.1, 0.15) is 5.75 Å². The first-order chi connectivity index (χ1) is 26.5. The average molecular weight is 745 g/mol. The fraction of sp³-hybridized carbons (Fsp3) is 0.318. The maximum atomic E-state index is 13.7. The molecule has 5 aromatic rings. The van der Waals surface area contributed by atoms with Gasteiger partial charge in [-0.1, -0.05) is 90.5 Å². The number of phenolic OH excluding ortho intramolecular Hbond substituents is 1. The van der Waals surface area contributed by atoms with E-state index in [1.807, 2.05) is 90.7 Å². The van der Waals surface area contributed by atoms with Crippen molar-refractivity contribution in [2.45, 2.75) is 57.1 Å². The van der Waals surface area contributed by atoms with Gasteiger partial charge in [0.05, 0.1) is 29.9 Å². The molecule has 55 heavy (non-hydrogen) atoms. The molecule has 11 nitrogen and oxygen atoms in total. The number of hydrogen-bond acceptors (Lipinski definition) is 7. The standard InChI is InChI=1S/C44H48N4O7/c1-30-8-10-33(11-9-30)29-48(23-5-22-45-28-38(50)35-16-18-37(49)42-36(35)17-19-39(51)46-42)41(53)27-32-14-12-31(13-15-32)26-40(52)47-24-20-44(21-25-47,43(54)55)34-6-3-2-4-7-34/h2-4,6-19,38,45,49-50H,5,20-29H2,1H3,(H,46,51)(H,54,55)/t38-/m0/s1. The van der Waals surface area contributed by atoms with Crippen molar-refractivity contribution in [2.75, 3.05) is 32.7 Å². The molecule has 5 N–H and O–H groups in total. The summed E-state index contributed by atoms with van der Waals surface area (Å²) in [5.41, 5.74) is 4.13. The Morgan fingerprint density at radius 3 is 2.18 bits per heavy atom. The van der Waals surface area contributed by atoms with Gasteiger partial charge in [-0.3, -0.25) is 19.2 Å². The number of carboxylic acids is 1. The average Bonchev–Trinajstić information content (AvgIpc) is 3.19. The van der Waals surface area contributed by atoms with Crippen LogP contribution in [0.1, 0.15) is 58.7 Å². The lowest BCUT2D eigenvalue weighted by atomic mass is 9.73. The molecular formula is C44H48N4O7. The van der Waals surface area contributed by atoms with E-state index in [1.165, 1.54) is 12.1 Å². The predicted octanol–water partition coefficient (Wildman–Crippen LogP) is 5.01. The first-order valence-corrected chi connectivity index (χ1v) is 18.7. The van der Waals surface area contributed by atoms with Crippen LogP contribution in [0.3, 0.4) is 0 Å². The molecule has 0 unspecified atom stereocenters. The molecule has 11 heteroatoms. The van der Waals surface area contributed by atoms with E-state index in [0.29, 0.717) is 62.9 Å². The van der Waals surface area contributed by atoms with E-state index in [0.717, 1.165) is 27.8 Å². The van der Waals surface area contributed by atoms with Crippen LogP contribution in [0.5, 0.6) is 5.75 Å². The molecule has 4 aromatic carbocycles. The Bertz CT molecular complexity index is 2160. The van der Waals surface area contributed by atoms with E-state index in [1.54, 1.807) is 17.0 Å². The minimum atomic E-state index is -0.993. The van der Waals surface area contributed by atoms with E-state index in [4.69, 9.17) is 0 Å². The van der Waals surface area contributed by atoms with Crippen LogP contribution >= 0.6 is 0 Å². The molecule has 0 aliphatic carbocycles. The van der Waals surface area contributed by atoms with E-state index >= 15 is 0 Å². The van der Waals surface area contributed by atoms with Crippen molar-refractivity contribution >= 4 is 28.7 Å². The van der Waals surface area contributed by atoms with Gasteiger partial charge >= 0.3 is 5.97 Å². The summed E-state index contributed by atoms with van der Waals surface area (Å²) in [4.78, 5) is 57.3. The Morgan fingerprint density at radius 1 is 0.855 bits per heavy atom. The van der Waals surface area contributed by atoms with Crippen LogP contribution in [0.25, 0.3) is 10.9 Å². The molecule has 0 saturated carbocycles. The molecule has 1 saturated heterocycles. The number of carbonyl (C=O) groups is 3. The molecule has 6 rings (SSSR count). The summed E-state index contributed by atoms with van der Waals surface area (Å²) in [6.07, 6.45) is 0.877. The van der Waals surface area contributed by atoms with Gasteiger partial charge in [-0.15, -0.1) is 0 Å². The van der Waals surface area contributed by atoms with Gasteiger partial charge < -0.3 is 35.4 Å². The number of nitrogens with zero attached hydrogens (tertiary/aromatic N) is 2. The molecule has 0 spiro atoms. The second-order valence-electron chi connectivity index (χ2n) is 14.5. The van der Waals surface area contributed by atoms with Crippen molar-refractivity contribution < 1.29 is 29.7 Å². The minimum Gasteiger partial charge on any atom is -0.506 e. The van der Waals surface area contributed by atoms with Crippen molar-refractivity contribution in [1.82, 2.24) is 20.1 Å². The molecular weight excluding hydrogens is 697 g/mol. The van der Waals surface area contributed by atoms with Crippen molar-refractivity contribution in [3.63, 3.8) is 0 Å². The fourth-order valence-electron chi connectivity index (χ4n) is 7.37. The van der Waals surface area contributed by atoms with Crippen LogP contribution in [0.2, 0.25) is 0 Å². The SMILES string of the molecule is Cc1ccc(CN(CCCNC[C@H](O)c2ccc(O)c3[nH]c(=O)ccc23)C(=O)Cc2ccc(CC(=O)N3CCC(C(=O)O)(c4ccccc4)CC3)cc2)cc1. The Labute approximate surface area is 320 Å². The molecule has 1 fully saturated rings.